The number of anilines is 1. The van der Waals surface area contributed by atoms with Gasteiger partial charge < -0.3 is 36.6 Å². The quantitative estimate of drug-likeness (QED) is 0.0335. The van der Waals surface area contributed by atoms with Crippen LogP contribution >= 0.6 is 58.2 Å². The third kappa shape index (κ3) is 8.01. The van der Waals surface area contributed by atoms with E-state index >= 15 is 0 Å². The molecule has 2 aromatic rings. The zero-order chi connectivity index (χ0) is 30.6. The summed E-state index contributed by atoms with van der Waals surface area (Å²) in [6, 6.07) is 0.944. The summed E-state index contributed by atoms with van der Waals surface area (Å²) in [5.74, 6) is -4.10. The normalized spacial score (nSPS) is 17.7. The van der Waals surface area contributed by atoms with Gasteiger partial charge in [-0.15, -0.1) is 34.9 Å². The number of fused-ring (bicyclic) bond motifs is 1. The van der Waals surface area contributed by atoms with Gasteiger partial charge in [0.05, 0.1) is 21.6 Å². The molecular weight excluding hydrogens is 674 g/mol. The Morgan fingerprint density at radius 2 is 2.14 bits per heavy atom. The summed E-state index contributed by atoms with van der Waals surface area (Å²) >= 11 is 5.60. The van der Waals surface area contributed by atoms with Crippen molar-refractivity contribution in [1.82, 2.24) is 19.6 Å². The van der Waals surface area contributed by atoms with Crippen molar-refractivity contribution in [1.29, 1.82) is 10.7 Å². The van der Waals surface area contributed by atoms with Gasteiger partial charge in [-0.25, -0.2) is 9.78 Å². The maximum Gasteiger partial charge on any atom is 1.00 e. The summed E-state index contributed by atoms with van der Waals surface area (Å²) in [7, 11) is 0. The minimum absolute atomic E-state index is 0. The van der Waals surface area contributed by atoms with Crippen molar-refractivity contribution in [3.05, 3.63) is 27.9 Å². The predicted octanol–water partition coefficient (Wildman–Crippen LogP) is -3.91. The number of carboxylic acid groups (broad SMARTS) is 2. The molecule has 220 valence electrons. The smallest absolute Gasteiger partial charge is 0.543 e. The van der Waals surface area contributed by atoms with Crippen LogP contribution in [0.4, 0.5) is 5.13 Å². The van der Waals surface area contributed by atoms with E-state index in [2.05, 4.69) is 25.9 Å². The molecule has 2 aromatic heterocycles. The molecule has 2 aliphatic rings. The summed E-state index contributed by atoms with van der Waals surface area (Å²) < 4.78 is 4.77. The van der Waals surface area contributed by atoms with Crippen molar-refractivity contribution < 1.29 is 63.8 Å². The first-order chi connectivity index (χ1) is 20.0. The van der Waals surface area contributed by atoms with Gasteiger partial charge in [-0.1, -0.05) is 16.9 Å². The van der Waals surface area contributed by atoms with Crippen LogP contribution in [0.2, 0.25) is 0 Å². The van der Waals surface area contributed by atoms with Crippen LogP contribution in [-0.2, 0) is 24.0 Å². The molecule has 22 heteroatoms. The molecule has 0 aliphatic carbocycles. The number of nitrogens with zero attached hydrogens (tertiary/aromatic N) is 5. The molecule has 0 bridgehead atoms. The van der Waals surface area contributed by atoms with Gasteiger partial charge in [-0.3, -0.25) is 19.9 Å². The number of amides is 2. The van der Waals surface area contributed by atoms with E-state index in [-0.39, 0.29) is 69.2 Å². The van der Waals surface area contributed by atoms with Crippen LogP contribution in [0.15, 0.2) is 31.0 Å². The summed E-state index contributed by atoms with van der Waals surface area (Å²) in [5, 5.41) is 45.0. The molecule has 4 rings (SSSR count). The number of rotatable bonds is 13. The zero-order valence-corrected chi connectivity index (χ0v) is 28.0. The second kappa shape index (κ2) is 15.2. The summed E-state index contributed by atoms with van der Waals surface area (Å²) in [4.78, 5) is 58.6. The number of hydrogen-bond donors (Lipinski definition) is 5. The number of hydrogen-bond acceptors (Lipinski definition) is 17. The second-order valence-corrected chi connectivity index (χ2v) is 13.1. The van der Waals surface area contributed by atoms with E-state index in [4.69, 9.17) is 26.8 Å². The molecule has 2 atom stereocenters. The standard InChI is InChI=1S/C21H19N9O7S5.Na/c22-1-8-16(38-6-10(23)24)29-42-20(8)40-4-7-3-39-18-13(17(34)30(18)14(7)19(35)36)27-15(33)12(28-37-2-11(31)32)9-5-41-21(25)26-9;/h5,13,18H,2-4,6H2,(H3,23,24)(H2,25,26)(H,27,33)(H,31,32)(H,35,36);/q;+1/p-1/b28-12+;/t13-,18-;/m1./s1. The van der Waals surface area contributed by atoms with Crippen LogP contribution in [0.3, 0.4) is 0 Å². The van der Waals surface area contributed by atoms with Crippen molar-refractivity contribution in [3.63, 3.8) is 0 Å². The van der Waals surface area contributed by atoms with E-state index in [1.807, 2.05) is 0 Å². The molecule has 7 N–H and O–H groups in total. The van der Waals surface area contributed by atoms with E-state index in [1.165, 1.54) is 28.9 Å². The summed E-state index contributed by atoms with van der Waals surface area (Å²) in [5.41, 5.74) is 10.9. The fourth-order valence-corrected chi connectivity index (χ4v) is 8.48. The first kappa shape index (κ1) is 34.6. The van der Waals surface area contributed by atoms with Gasteiger partial charge in [0.25, 0.3) is 11.8 Å². The molecule has 0 unspecified atom stereocenters. The number of β-lactam (4-membered cyclic amide) rings is 1. The third-order valence-electron chi connectivity index (χ3n) is 5.33. The first-order valence-corrected chi connectivity index (χ1v) is 16.0. The van der Waals surface area contributed by atoms with Crippen LogP contribution in [0.25, 0.3) is 0 Å². The van der Waals surface area contributed by atoms with Crippen molar-refractivity contribution in [3.8, 4) is 6.07 Å². The summed E-state index contributed by atoms with van der Waals surface area (Å²) in [6.07, 6.45) is 0. The molecular formula is C21H18N9NaO7S5. The Kier molecular flexibility index (Phi) is 12.3. The molecule has 0 aromatic carbocycles. The average Bonchev–Trinajstić information content (AvgIpc) is 3.55. The maximum absolute atomic E-state index is 13.1. The van der Waals surface area contributed by atoms with Crippen LogP contribution in [0.1, 0.15) is 11.3 Å². The number of thiazole rings is 1. The fraction of sp³-hybridized carbons (Fsp3) is 0.286. The first-order valence-electron chi connectivity index (χ1n) is 11.3. The van der Waals surface area contributed by atoms with E-state index in [0.717, 1.165) is 39.5 Å². The number of carboxylic acids is 2. The van der Waals surface area contributed by atoms with Crippen molar-refractivity contribution in [2.24, 2.45) is 10.9 Å². The molecule has 2 amide bonds. The molecule has 0 saturated carbocycles. The zero-order valence-electron chi connectivity index (χ0n) is 21.9. The van der Waals surface area contributed by atoms with Crippen molar-refractivity contribution in [2.45, 2.75) is 20.7 Å². The summed E-state index contributed by atoms with van der Waals surface area (Å²) in [6.45, 7) is -0.832. The number of oxime groups is 1. The molecule has 0 radical (unpaired) electrons. The van der Waals surface area contributed by atoms with Gasteiger partial charge in [-0.2, -0.15) is 9.64 Å². The number of carbonyl (C=O) groups is 4. The van der Waals surface area contributed by atoms with Crippen molar-refractivity contribution >= 4 is 98.6 Å². The predicted molar refractivity (Wildman–Crippen MR) is 154 cm³/mol. The van der Waals surface area contributed by atoms with E-state index < -0.39 is 47.5 Å². The molecule has 4 heterocycles. The third-order valence-corrected chi connectivity index (χ3v) is 10.7. The number of aromatic nitrogens is 2. The number of nitrogens with two attached hydrogens (primary N) is 2. The minimum atomic E-state index is -1.57. The molecule has 43 heavy (non-hydrogen) atoms. The number of amidine groups is 1. The van der Waals surface area contributed by atoms with Crippen LogP contribution in [-0.4, -0.2) is 89.9 Å². The minimum Gasteiger partial charge on any atom is -0.543 e. The Labute approximate surface area is 285 Å². The number of aliphatic carboxylic acids is 2. The van der Waals surface area contributed by atoms with Gasteiger partial charge in [0.2, 0.25) is 6.61 Å². The van der Waals surface area contributed by atoms with Crippen LogP contribution in [0, 0.1) is 16.7 Å². The average molecular weight is 692 g/mol. The molecule has 16 nitrogen and oxygen atoms in total. The van der Waals surface area contributed by atoms with Crippen molar-refractivity contribution in [2.75, 3.05) is 29.6 Å². The number of nitriles is 1. The van der Waals surface area contributed by atoms with Gasteiger partial charge in [0, 0.05) is 16.9 Å². The second-order valence-electron chi connectivity index (χ2n) is 8.14. The monoisotopic (exact) mass is 691 g/mol. The van der Waals surface area contributed by atoms with Gasteiger partial charge in [0.15, 0.2) is 10.8 Å². The molecule has 2 aliphatic heterocycles. The van der Waals surface area contributed by atoms with Gasteiger partial charge >= 0.3 is 35.5 Å². The maximum atomic E-state index is 13.1. The molecule has 1 fully saturated rings. The van der Waals surface area contributed by atoms with Gasteiger partial charge in [-0.05, 0) is 17.1 Å². The van der Waals surface area contributed by atoms with Gasteiger partial charge in [0.1, 0.15) is 39.6 Å². The largest absolute Gasteiger partial charge is 1.00 e. The molecule has 0 spiro atoms. The Morgan fingerprint density at radius 3 is 2.74 bits per heavy atom. The SMILES string of the molecule is N#Cc1c(SCC(=N)N)nsc1SCC1=C(C(=O)[O-])N2C(=O)[C@@H](NC(=O)/C(=N/OCC(=O)O)c3csc(N)n3)[C@H]2SC1.[Na+]. The Bertz CT molecular complexity index is 1570. The number of carbonyl (C=O) groups excluding carboxylic acids is 3. The van der Waals surface area contributed by atoms with E-state index in [1.54, 1.807) is 0 Å². The van der Waals surface area contributed by atoms with E-state index in [9.17, 15) is 29.5 Å². The Morgan fingerprint density at radius 1 is 1.40 bits per heavy atom. The van der Waals surface area contributed by atoms with E-state index in [0.29, 0.717) is 20.4 Å². The Balaban J connectivity index is 0.00000506. The number of nitrogen functional groups attached to an aromatic ring is 1. The Hall–Kier alpha value is -2.84. The fourth-order valence-electron chi connectivity index (χ4n) is 3.60. The topological polar surface area (TPSA) is 274 Å². The van der Waals surface area contributed by atoms with Crippen LogP contribution < -0.4 is 51.4 Å². The number of nitrogens with one attached hydrogen (secondary N) is 2. The number of thioether (sulfide) groups is 3. The molecule has 1 saturated heterocycles. The van der Waals surface area contributed by atoms with Crippen LogP contribution in [0.5, 0.6) is 0 Å².